The van der Waals surface area contributed by atoms with Gasteiger partial charge in [-0.3, -0.25) is 9.58 Å². The molecule has 3 atom stereocenters. The van der Waals surface area contributed by atoms with E-state index in [1.807, 2.05) is 11.1 Å². The molecule has 10 nitrogen and oxygen atoms in total. The Morgan fingerprint density at radius 3 is 3.07 bits per heavy atom. The first-order chi connectivity index (χ1) is 14.6. The quantitative estimate of drug-likeness (QED) is 0.679. The Kier molecular flexibility index (Phi) is 5.03. The molecule has 10 heteroatoms. The van der Waals surface area contributed by atoms with Gasteiger partial charge in [-0.15, -0.1) is 0 Å². The van der Waals surface area contributed by atoms with Gasteiger partial charge in [0.1, 0.15) is 5.82 Å². The lowest BCUT2D eigenvalue weighted by Gasteiger charge is -2.45. The van der Waals surface area contributed by atoms with Gasteiger partial charge < -0.3 is 20.6 Å². The van der Waals surface area contributed by atoms with Crippen molar-refractivity contribution in [2.75, 3.05) is 30.4 Å². The molecule has 30 heavy (non-hydrogen) atoms. The van der Waals surface area contributed by atoms with Crippen molar-refractivity contribution in [2.24, 2.45) is 5.92 Å². The minimum absolute atomic E-state index is 0.0143. The molecular formula is C20H28N8O2. The van der Waals surface area contributed by atoms with E-state index in [9.17, 15) is 4.79 Å². The van der Waals surface area contributed by atoms with E-state index in [0.29, 0.717) is 36.8 Å². The van der Waals surface area contributed by atoms with Crippen molar-refractivity contribution in [1.29, 1.82) is 0 Å². The fourth-order valence-corrected chi connectivity index (χ4v) is 5.16. The molecule has 160 valence electrons. The molecule has 2 aliphatic heterocycles. The molecule has 2 fully saturated rings. The number of aliphatic hydroxyl groups excluding tert-OH is 1. The summed E-state index contributed by atoms with van der Waals surface area (Å²) in [5.74, 6) is 1.60. The Labute approximate surface area is 175 Å². The van der Waals surface area contributed by atoms with Crippen LogP contribution in [0, 0.1) is 5.92 Å². The normalized spacial score (nSPS) is 25.9. The zero-order chi connectivity index (χ0) is 20.7. The maximum absolute atomic E-state index is 13.2. The van der Waals surface area contributed by atoms with Gasteiger partial charge in [0.25, 0.3) is 0 Å². The zero-order valence-electron chi connectivity index (χ0n) is 17.2. The molecule has 0 bridgehead atoms. The van der Waals surface area contributed by atoms with E-state index in [2.05, 4.69) is 25.7 Å². The van der Waals surface area contributed by atoms with E-state index in [1.54, 1.807) is 29.0 Å². The number of anilines is 3. The van der Waals surface area contributed by atoms with Gasteiger partial charge in [0, 0.05) is 37.1 Å². The van der Waals surface area contributed by atoms with Crippen LogP contribution in [-0.4, -0.2) is 68.1 Å². The van der Waals surface area contributed by atoms with Crippen molar-refractivity contribution < 1.29 is 9.90 Å². The van der Waals surface area contributed by atoms with Crippen LogP contribution in [0.25, 0.3) is 0 Å². The summed E-state index contributed by atoms with van der Waals surface area (Å²) in [7, 11) is 1.79. The highest BCUT2D eigenvalue weighted by Crippen LogP contribution is 2.38. The third kappa shape index (κ3) is 3.39. The van der Waals surface area contributed by atoms with Crippen LogP contribution in [0.1, 0.15) is 31.2 Å². The standard InChI is InChI=1S/C20H28N8O2/c1-26-18-13(9-22-19(25-18)24-14-10-23-27(12-14)7-8-29)11-28(20(26)30)17-5-6-21-16-4-2-3-15(16)17/h9-10,12,15-17,21,29H,2-8,11H2,1H3,(H,22,24,25). The molecule has 2 aromatic rings. The number of nitrogens with zero attached hydrogens (tertiary/aromatic N) is 6. The van der Waals surface area contributed by atoms with E-state index >= 15 is 0 Å². The van der Waals surface area contributed by atoms with Crippen molar-refractivity contribution >= 4 is 23.5 Å². The summed E-state index contributed by atoms with van der Waals surface area (Å²) in [4.78, 5) is 26.0. The van der Waals surface area contributed by atoms with Crippen LogP contribution in [0.5, 0.6) is 0 Å². The fourth-order valence-electron chi connectivity index (χ4n) is 5.16. The molecule has 0 aromatic carbocycles. The van der Waals surface area contributed by atoms with Crippen LogP contribution >= 0.6 is 0 Å². The van der Waals surface area contributed by atoms with Crippen LogP contribution in [0.2, 0.25) is 0 Å². The van der Waals surface area contributed by atoms with Crippen LogP contribution in [0.3, 0.4) is 0 Å². The largest absolute Gasteiger partial charge is 0.394 e. The lowest BCUT2D eigenvalue weighted by Crippen LogP contribution is -2.58. The molecule has 0 radical (unpaired) electrons. The molecule has 3 unspecified atom stereocenters. The van der Waals surface area contributed by atoms with Gasteiger partial charge >= 0.3 is 6.03 Å². The number of amides is 2. The maximum Gasteiger partial charge on any atom is 0.325 e. The summed E-state index contributed by atoms with van der Waals surface area (Å²) in [5, 5.41) is 19.9. The molecule has 3 N–H and O–H groups in total. The van der Waals surface area contributed by atoms with Crippen molar-refractivity contribution in [1.82, 2.24) is 30.0 Å². The van der Waals surface area contributed by atoms with Crippen molar-refractivity contribution in [3.8, 4) is 0 Å². The molecule has 1 aliphatic carbocycles. The number of carbonyl (C=O) groups excluding carboxylic acids is 1. The van der Waals surface area contributed by atoms with E-state index in [1.165, 1.54) is 19.3 Å². The van der Waals surface area contributed by atoms with Gasteiger partial charge in [-0.25, -0.2) is 9.78 Å². The Hall–Kier alpha value is -2.72. The Balaban J connectivity index is 1.35. The minimum Gasteiger partial charge on any atom is -0.394 e. The summed E-state index contributed by atoms with van der Waals surface area (Å²) in [5.41, 5.74) is 1.70. The number of carbonyl (C=O) groups is 1. The highest BCUT2D eigenvalue weighted by atomic mass is 16.3. The average molecular weight is 412 g/mol. The number of nitrogens with one attached hydrogen (secondary N) is 2. The molecule has 2 amide bonds. The summed E-state index contributed by atoms with van der Waals surface area (Å²) in [6.07, 6.45) is 9.88. The molecule has 4 heterocycles. The SMILES string of the molecule is CN1C(=O)N(C2CCNC3CCCC32)Cc2cnc(Nc3cnn(CCO)c3)nc21. The minimum atomic E-state index is 0.0143. The number of aromatic nitrogens is 4. The summed E-state index contributed by atoms with van der Waals surface area (Å²) in [6.45, 7) is 1.98. The van der Waals surface area contributed by atoms with Gasteiger partial charge in [0.15, 0.2) is 0 Å². The second-order valence-electron chi connectivity index (χ2n) is 8.36. The van der Waals surface area contributed by atoms with Crippen LogP contribution in [0.4, 0.5) is 22.2 Å². The predicted molar refractivity (Wildman–Crippen MR) is 112 cm³/mol. The van der Waals surface area contributed by atoms with E-state index in [0.717, 1.165) is 24.2 Å². The van der Waals surface area contributed by atoms with Gasteiger partial charge in [-0.1, -0.05) is 6.42 Å². The fraction of sp³-hybridized carbons (Fsp3) is 0.600. The van der Waals surface area contributed by atoms with E-state index in [-0.39, 0.29) is 18.7 Å². The van der Waals surface area contributed by atoms with Gasteiger partial charge in [-0.05, 0) is 31.7 Å². The lowest BCUT2D eigenvalue weighted by molar-refractivity contribution is 0.110. The number of aliphatic hydroxyl groups is 1. The Bertz CT molecular complexity index is 931. The second-order valence-corrected chi connectivity index (χ2v) is 8.36. The maximum atomic E-state index is 13.2. The number of hydrogen-bond donors (Lipinski definition) is 3. The lowest BCUT2D eigenvalue weighted by atomic mass is 9.87. The third-order valence-corrected chi connectivity index (χ3v) is 6.56. The summed E-state index contributed by atoms with van der Waals surface area (Å²) >= 11 is 0. The van der Waals surface area contributed by atoms with Gasteiger partial charge in [0.2, 0.25) is 5.95 Å². The third-order valence-electron chi connectivity index (χ3n) is 6.56. The molecule has 2 aromatic heterocycles. The number of rotatable bonds is 5. The molecule has 5 rings (SSSR count). The molecule has 1 saturated heterocycles. The summed E-state index contributed by atoms with van der Waals surface area (Å²) in [6, 6.07) is 0.829. The van der Waals surface area contributed by atoms with Crippen molar-refractivity contribution in [2.45, 2.75) is 50.9 Å². The molecule has 0 spiro atoms. The van der Waals surface area contributed by atoms with Crippen molar-refractivity contribution in [3.05, 3.63) is 24.2 Å². The van der Waals surface area contributed by atoms with E-state index < -0.39 is 0 Å². The first-order valence-corrected chi connectivity index (χ1v) is 10.7. The number of hydrogen-bond acceptors (Lipinski definition) is 7. The van der Waals surface area contributed by atoms with Crippen LogP contribution in [0.15, 0.2) is 18.6 Å². The van der Waals surface area contributed by atoms with Gasteiger partial charge in [-0.2, -0.15) is 10.1 Å². The smallest absolute Gasteiger partial charge is 0.325 e. The van der Waals surface area contributed by atoms with E-state index in [4.69, 9.17) is 5.11 Å². The molecule has 1 saturated carbocycles. The predicted octanol–water partition coefficient (Wildman–Crippen LogP) is 1.31. The average Bonchev–Trinajstić information content (AvgIpc) is 3.40. The monoisotopic (exact) mass is 412 g/mol. The van der Waals surface area contributed by atoms with Gasteiger partial charge in [0.05, 0.1) is 31.6 Å². The summed E-state index contributed by atoms with van der Waals surface area (Å²) < 4.78 is 1.64. The highest BCUT2D eigenvalue weighted by molar-refractivity contribution is 5.93. The van der Waals surface area contributed by atoms with Crippen molar-refractivity contribution in [3.63, 3.8) is 0 Å². The second kappa shape index (κ2) is 7.84. The molecule has 3 aliphatic rings. The molecular weight excluding hydrogens is 384 g/mol. The Morgan fingerprint density at radius 2 is 2.20 bits per heavy atom. The first-order valence-electron chi connectivity index (χ1n) is 10.7. The highest BCUT2D eigenvalue weighted by Gasteiger charge is 2.43. The van der Waals surface area contributed by atoms with Crippen LogP contribution < -0.4 is 15.5 Å². The number of urea groups is 1. The number of piperidine rings is 1. The topological polar surface area (TPSA) is 111 Å². The number of fused-ring (bicyclic) bond motifs is 2. The zero-order valence-corrected chi connectivity index (χ0v) is 17.2. The Morgan fingerprint density at radius 1 is 1.30 bits per heavy atom. The van der Waals surface area contributed by atoms with Crippen LogP contribution in [-0.2, 0) is 13.1 Å². The first kappa shape index (κ1) is 19.3.